The maximum atomic E-state index is 12.4. The SMILES string of the molecule is Cc1c(-c2cnn(C)c2)nn(-c2ccccc2)c1CC(=O)OC(C)(C)C. The molecule has 0 aliphatic heterocycles. The molecular formula is C20H24N4O2. The van der Waals surface area contributed by atoms with Gasteiger partial charge >= 0.3 is 5.97 Å². The van der Waals surface area contributed by atoms with Gasteiger partial charge in [0, 0.05) is 18.8 Å². The van der Waals surface area contributed by atoms with Crippen molar-refractivity contribution in [3.63, 3.8) is 0 Å². The van der Waals surface area contributed by atoms with Crippen molar-refractivity contribution in [3.8, 4) is 16.9 Å². The second kappa shape index (κ2) is 6.78. The van der Waals surface area contributed by atoms with Crippen molar-refractivity contribution in [1.82, 2.24) is 19.6 Å². The van der Waals surface area contributed by atoms with Gasteiger partial charge in [-0.15, -0.1) is 0 Å². The fraction of sp³-hybridized carbons (Fsp3) is 0.350. The van der Waals surface area contributed by atoms with Crippen LogP contribution in [0.25, 0.3) is 16.9 Å². The number of benzene rings is 1. The highest BCUT2D eigenvalue weighted by Gasteiger charge is 2.23. The molecule has 6 heteroatoms. The van der Waals surface area contributed by atoms with E-state index in [1.54, 1.807) is 10.9 Å². The molecule has 0 fully saturated rings. The minimum absolute atomic E-state index is 0.158. The molecule has 2 heterocycles. The highest BCUT2D eigenvalue weighted by atomic mass is 16.6. The largest absolute Gasteiger partial charge is 0.460 e. The van der Waals surface area contributed by atoms with Crippen molar-refractivity contribution in [2.75, 3.05) is 0 Å². The number of esters is 1. The van der Waals surface area contributed by atoms with Gasteiger partial charge in [0.15, 0.2) is 0 Å². The zero-order chi connectivity index (χ0) is 18.9. The summed E-state index contributed by atoms with van der Waals surface area (Å²) in [5, 5.41) is 9.00. The Kier molecular flexibility index (Phi) is 4.68. The first-order valence-corrected chi connectivity index (χ1v) is 8.59. The Morgan fingerprint density at radius 2 is 1.88 bits per heavy atom. The molecule has 136 valence electrons. The maximum Gasteiger partial charge on any atom is 0.312 e. The summed E-state index contributed by atoms with van der Waals surface area (Å²) >= 11 is 0. The second-order valence-corrected chi connectivity index (χ2v) is 7.33. The molecule has 0 radical (unpaired) electrons. The molecule has 0 saturated carbocycles. The van der Waals surface area contributed by atoms with Crippen LogP contribution in [0.4, 0.5) is 0 Å². The highest BCUT2D eigenvalue weighted by Crippen LogP contribution is 2.27. The topological polar surface area (TPSA) is 61.9 Å². The van der Waals surface area contributed by atoms with Crippen molar-refractivity contribution >= 4 is 5.97 Å². The summed E-state index contributed by atoms with van der Waals surface area (Å²) in [6.07, 6.45) is 3.86. The van der Waals surface area contributed by atoms with E-state index in [4.69, 9.17) is 9.84 Å². The van der Waals surface area contributed by atoms with E-state index in [1.165, 1.54) is 0 Å². The van der Waals surface area contributed by atoms with E-state index in [0.717, 1.165) is 28.2 Å². The van der Waals surface area contributed by atoms with Crippen LogP contribution >= 0.6 is 0 Å². The highest BCUT2D eigenvalue weighted by molar-refractivity contribution is 5.75. The predicted octanol–water partition coefficient (Wildman–Crippen LogP) is 3.47. The quantitative estimate of drug-likeness (QED) is 0.675. The molecule has 2 aromatic heterocycles. The van der Waals surface area contributed by atoms with E-state index in [0.29, 0.717) is 0 Å². The molecule has 0 aliphatic rings. The number of aryl methyl sites for hydroxylation is 1. The molecule has 0 spiro atoms. The van der Waals surface area contributed by atoms with Gasteiger partial charge in [0.25, 0.3) is 0 Å². The lowest BCUT2D eigenvalue weighted by Gasteiger charge is -2.19. The van der Waals surface area contributed by atoms with Gasteiger partial charge in [0.2, 0.25) is 0 Å². The Labute approximate surface area is 153 Å². The third kappa shape index (κ3) is 3.85. The van der Waals surface area contributed by atoms with E-state index in [-0.39, 0.29) is 12.4 Å². The van der Waals surface area contributed by atoms with E-state index in [2.05, 4.69) is 5.10 Å². The number of aromatic nitrogens is 4. The minimum atomic E-state index is -0.519. The van der Waals surface area contributed by atoms with Gasteiger partial charge in [0.1, 0.15) is 5.60 Å². The van der Waals surface area contributed by atoms with Crippen LogP contribution in [0, 0.1) is 6.92 Å². The van der Waals surface area contributed by atoms with Crippen LogP contribution < -0.4 is 0 Å². The van der Waals surface area contributed by atoms with Crippen LogP contribution in [-0.2, 0) is 23.0 Å². The molecule has 0 aliphatic carbocycles. The number of hydrogen-bond acceptors (Lipinski definition) is 4. The molecule has 26 heavy (non-hydrogen) atoms. The fourth-order valence-electron chi connectivity index (χ4n) is 2.85. The number of rotatable bonds is 4. The first-order chi connectivity index (χ1) is 12.2. The fourth-order valence-corrected chi connectivity index (χ4v) is 2.85. The molecule has 1 aromatic carbocycles. The van der Waals surface area contributed by atoms with Gasteiger partial charge in [0.05, 0.1) is 29.7 Å². The summed E-state index contributed by atoms with van der Waals surface area (Å²) in [5.41, 5.74) is 3.90. The van der Waals surface area contributed by atoms with Crippen LogP contribution in [-0.4, -0.2) is 31.1 Å². The van der Waals surface area contributed by atoms with Crippen molar-refractivity contribution in [1.29, 1.82) is 0 Å². The van der Waals surface area contributed by atoms with E-state index < -0.39 is 5.60 Å². The van der Waals surface area contributed by atoms with E-state index in [9.17, 15) is 4.79 Å². The first kappa shape index (κ1) is 17.9. The summed E-state index contributed by atoms with van der Waals surface area (Å²) < 4.78 is 9.07. The Morgan fingerprint density at radius 3 is 2.46 bits per heavy atom. The Hall–Kier alpha value is -2.89. The number of carbonyl (C=O) groups excluding carboxylic acids is 1. The summed E-state index contributed by atoms with van der Waals surface area (Å²) in [6, 6.07) is 9.80. The molecule has 0 unspecified atom stereocenters. The maximum absolute atomic E-state index is 12.4. The predicted molar refractivity (Wildman–Crippen MR) is 100 cm³/mol. The molecular weight excluding hydrogens is 328 g/mol. The average Bonchev–Trinajstić information content (AvgIpc) is 3.11. The van der Waals surface area contributed by atoms with Gasteiger partial charge in [-0.05, 0) is 45.4 Å². The smallest absolute Gasteiger partial charge is 0.312 e. The number of ether oxygens (including phenoxy) is 1. The third-order valence-electron chi connectivity index (χ3n) is 3.95. The summed E-state index contributed by atoms with van der Waals surface area (Å²) in [5.74, 6) is -0.268. The van der Waals surface area contributed by atoms with Gasteiger partial charge in [-0.1, -0.05) is 18.2 Å². The number of carbonyl (C=O) groups is 1. The van der Waals surface area contributed by atoms with Crippen molar-refractivity contribution < 1.29 is 9.53 Å². The average molecular weight is 352 g/mol. The zero-order valence-corrected chi connectivity index (χ0v) is 15.9. The number of nitrogens with zero attached hydrogens (tertiary/aromatic N) is 4. The molecule has 3 rings (SSSR count). The molecule has 0 atom stereocenters. The van der Waals surface area contributed by atoms with Gasteiger partial charge < -0.3 is 4.74 Å². The summed E-state index contributed by atoms with van der Waals surface area (Å²) in [7, 11) is 1.87. The molecule has 0 saturated heterocycles. The van der Waals surface area contributed by atoms with Gasteiger partial charge in [-0.3, -0.25) is 9.48 Å². The monoisotopic (exact) mass is 352 g/mol. The molecule has 0 N–H and O–H groups in total. The lowest BCUT2D eigenvalue weighted by Crippen LogP contribution is -2.25. The summed E-state index contributed by atoms with van der Waals surface area (Å²) in [4.78, 5) is 12.4. The summed E-state index contributed by atoms with van der Waals surface area (Å²) in [6.45, 7) is 7.59. The Morgan fingerprint density at radius 1 is 1.19 bits per heavy atom. The molecule has 3 aromatic rings. The van der Waals surface area contributed by atoms with Gasteiger partial charge in [-0.25, -0.2) is 4.68 Å². The van der Waals surface area contributed by atoms with Crippen molar-refractivity contribution in [2.24, 2.45) is 7.05 Å². The standard InChI is InChI=1S/C20H24N4O2/c1-14-17(11-18(25)26-20(2,3)4)24(16-9-7-6-8-10-16)22-19(14)15-12-21-23(5)13-15/h6-10,12-13H,11H2,1-5H3. The van der Waals surface area contributed by atoms with Crippen LogP contribution in [0.5, 0.6) is 0 Å². The van der Waals surface area contributed by atoms with Crippen LogP contribution in [0.3, 0.4) is 0 Å². The van der Waals surface area contributed by atoms with Gasteiger partial charge in [-0.2, -0.15) is 10.2 Å². The number of hydrogen-bond donors (Lipinski definition) is 0. The van der Waals surface area contributed by atoms with Crippen molar-refractivity contribution in [2.45, 2.75) is 39.7 Å². The molecule has 6 nitrogen and oxygen atoms in total. The zero-order valence-electron chi connectivity index (χ0n) is 15.9. The Balaban J connectivity index is 2.06. The minimum Gasteiger partial charge on any atom is -0.460 e. The lowest BCUT2D eigenvalue weighted by molar-refractivity contribution is -0.154. The van der Waals surface area contributed by atoms with Crippen molar-refractivity contribution in [3.05, 3.63) is 54.0 Å². The third-order valence-corrected chi connectivity index (χ3v) is 3.95. The first-order valence-electron chi connectivity index (χ1n) is 8.59. The van der Waals surface area contributed by atoms with E-state index >= 15 is 0 Å². The van der Waals surface area contributed by atoms with E-state index in [1.807, 2.05) is 76.0 Å². The lowest BCUT2D eigenvalue weighted by atomic mass is 10.1. The Bertz CT molecular complexity index is 917. The molecule has 0 bridgehead atoms. The van der Waals surface area contributed by atoms with Crippen LogP contribution in [0.2, 0.25) is 0 Å². The second-order valence-electron chi connectivity index (χ2n) is 7.33. The molecule has 0 amide bonds. The van der Waals surface area contributed by atoms with Crippen LogP contribution in [0.1, 0.15) is 32.0 Å². The number of para-hydroxylation sites is 1. The van der Waals surface area contributed by atoms with Crippen LogP contribution in [0.15, 0.2) is 42.7 Å². The normalized spacial score (nSPS) is 11.6.